The first-order valence-corrected chi connectivity index (χ1v) is 11.8. The molecular formula is C23H43IN6O. The molecule has 0 spiro atoms. The second-order valence-electron chi connectivity index (χ2n) is 9.03. The predicted molar refractivity (Wildman–Crippen MR) is 139 cm³/mol. The van der Waals surface area contributed by atoms with Crippen molar-refractivity contribution in [2.75, 3.05) is 66.0 Å². The summed E-state index contributed by atoms with van der Waals surface area (Å²) in [5, 5.41) is 7.04. The van der Waals surface area contributed by atoms with Crippen LogP contribution in [0.1, 0.15) is 45.4 Å². The Labute approximate surface area is 206 Å². The van der Waals surface area contributed by atoms with Crippen molar-refractivity contribution in [2.24, 2.45) is 10.9 Å². The van der Waals surface area contributed by atoms with Crippen molar-refractivity contribution in [1.29, 1.82) is 0 Å². The van der Waals surface area contributed by atoms with Gasteiger partial charge in [-0.1, -0.05) is 13.8 Å². The number of likely N-dealkylation sites (N-methyl/N-ethyl adjacent to an activating group) is 1. The van der Waals surface area contributed by atoms with Gasteiger partial charge in [0.25, 0.3) is 0 Å². The number of nitrogens with zero attached hydrogens (tertiary/aromatic N) is 4. The van der Waals surface area contributed by atoms with Gasteiger partial charge in [-0.3, -0.25) is 14.8 Å². The van der Waals surface area contributed by atoms with E-state index in [1.165, 1.54) is 12.8 Å². The van der Waals surface area contributed by atoms with E-state index in [0.717, 1.165) is 70.6 Å². The molecule has 8 heteroatoms. The summed E-state index contributed by atoms with van der Waals surface area (Å²) in [6.07, 6.45) is 4.32. The Kier molecular flexibility index (Phi) is 11.6. The first-order chi connectivity index (χ1) is 14.6. The van der Waals surface area contributed by atoms with E-state index < -0.39 is 0 Å². The van der Waals surface area contributed by atoms with Gasteiger partial charge in [-0.25, -0.2) is 0 Å². The topological polar surface area (TPSA) is 59.3 Å². The molecule has 2 saturated heterocycles. The second-order valence-corrected chi connectivity index (χ2v) is 9.03. The van der Waals surface area contributed by atoms with Gasteiger partial charge >= 0.3 is 0 Å². The molecule has 3 rings (SSSR count). The molecule has 1 aromatic rings. The van der Waals surface area contributed by atoms with E-state index in [0.29, 0.717) is 12.0 Å². The van der Waals surface area contributed by atoms with Crippen LogP contribution in [0.5, 0.6) is 0 Å². The summed E-state index contributed by atoms with van der Waals surface area (Å²) >= 11 is 0. The number of guanidine groups is 1. The van der Waals surface area contributed by atoms with E-state index in [2.05, 4.69) is 59.2 Å². The van der Waals surface area contributed by atoms with Crippen LogP contribution in [0.2, 0.25) is 0 Å². The molecule has 2 aliphatic rings. The molecule has 0 radical (unpaired) electrons. The lowest BCUT2D eigenvalue weighted by Gasteiger charge is -2.39. The minimum atomic E-state index is 0. The molecule has 7 nitrogen and oxygen atoms in total. The van der Waals surface area contributed by atoms with Crippen molar-refractivity contribution in [3.8, 4) is 0 Å². The van der Waals surface area contributed by atoms with Gasteiger partial charge in [0.05, 0.1) is 18.8 Å². The summed E-state index contributed by atoms with van der Waals surface area (Å²) in [6, 6.07) is 4.82. The van der Waals surface area contributed by atoms with Gasteiger partial charge in [-0.2, -0.15) is 0 Å². The molecule has 3 heterocycles. The van der Waals surface area contributed by atoms with Gasteiger partial charge in [0, 0.05) is 45.3 Å². The maximum absolute atomic E-state index is 5.77. The molecule has 0 amide bonds. The van der Waals surface area contributed by atoms with E-state index in [1.807, 2.05) is 6.07 Å². The number of nitrogens with one attached hydrogen (secondary N) is 2. The van der Waals surface area contributed by atoms with Crippen molar-refractivity contribution in [1.82, 2.24) is 25.3 Å². The third-order valence-electron chi connectivity index (χ3n) is 6.47. The summed E-state index contributed by atoms with van der Waals surface area (Å²) in [5.41, 5.74) is 0. The van der Waals surface area contributed by atoms with Crippen molar-refractivity contribution in [3.05, 3.63) is 24.2 Å². The van der Waals surface area contributed by atoms with E-state index in [-0.39, 0.29) is 30.0 Å². The van der Waals surface area contributed by atoms with E-state index in [9.17, 15) is 0 Å². The van der Waals surface area contributed by atoms with Gasteiger partial charge in [0.1, 0.15) is 5.76 Å². The highest BCUT2D eigenvalue weighted by molar-refractivity contribution is 14.0. The number of furan rings is 1. The smallest absolute Gasteiger partial charge is 0.191 e. The first-order valence-electron chi connectivity index (χ1n) is 11.8. The Balaban J connectivity index is 0.00000341. The average Bonchev–Trinajstić information content (AvgIpc) is 3.44. The van der Waals surface area contributed by atoms with Gasteiger partial charge in [0.2, 0.25) is 0 Å². The van der Waals surface area contributed by atoms with Crippen LogP contribution in [0.3, 0.4) is 0 Å². The quantitative estimate of drug-likeness (QED) is 0.282. The number of halogens is 1. The summed E-state index contributed by atoms with van der Waals surface area (Å²) < 4.78 is 5.77. The Morgan fingerprint density at radius 2 is 1.77 bits per heavy atom. The zero-order chi connectivity index (χ0) is 21.3. The predicted octanol–water partition coefficient (Wildman–Crippen LogP) is 2.86. The van der Waals surface area contributed by atoms with Crippen LogP contribution in [-0.4, -0.2) is 92.7 Å². The van der Waals surface area contributed by atoms with Gasteiger partial charge in [0.15, 0.2) is 5.96 Å². The molecule has 0 aliphatic carbocycles. The monoisotopic (exact) mass is 546 g/mol. The van der Waals surface area contributed by atoms with Crippen molar-refractivity contribution >= 4 is 29.9 Å². The standard InChI is InChI=1S/C23H42N6O.HI/c1-5-24-23(25-17-20(19(2)3)29-14-12-27(4)13-15-29)26-18-21(22-9-8-16-30-22)28-10-6-7-11-28;/h8-9,16,19-21H,5-7,10-15,17-18H2,1-4H3,(H2,24,25,26);1H. The van der Waals surface area contributed by atoms with Crippen molar-refractivity contribution in [2.45, 2.75) is 45.7 Å². The number of piperazine rings is 1. The number of hydrogen-bond donors (Lipinski definition) is 2. The lowest BCUT2D eigenvalue weighted by molar-refractivity contribution is 0.0925. The molecule has 2 unspecified atom stereocenters. The van der Waals surface area contributed by atoms with Gasteiger partial charge in [-0.15, -0.1) is 24.0 Å². The van der Waals surface area contributed by atoms with E-state index >= 15 is 0 Å². The Morgan fingerprint density at radius 1 is 1.06 bits per heavy atom. The molecular weight excluding hydrogens is 503 g/mol. The van der Waals surface area contributed by atoms with Crippen LogP contribution in [0.4, 0.5) is 0 Å². The van der Waals surface area contributed by atoms with Crippen molar-refractivity contribution < 1.29 is 4.42 Å². The van der Waals surface area contributed by atoms with Crippen LogP contribution in [0, 0.1) is 5.92 Å². The average molecular weight is 547 g/mol. The van der Waals surface area contributed by atoms with Crippen molar-refractivity contribution in [3.63, 3.8) is 0 Å². The molecule has 2 N–H and O–H groups in total. The highest BCUT2D eigenvalue weighted by Crippen LogP contribution is 2.24. The van der Waals surface area contributed by atoms with Crippen LogP contribution in [0.25, 0.3) is 0 Å². The fraction of sp³-hybridized carbons (Fsp3) is 0.783. The zero-order valence-corrected chi connectivity index (χ0v) is 22.2. The largest absolute Gasteiger partial charge is 0.468 e. The molecule has 2 fully saturated rings. The summed E-state index contributed by atoms with van der Waals surface area (Å²) in [6.45, 7) is 16.1. The third kappa shape index (κ3) is 7.91. The third-order valence-corrected chi connectivity index (χ3v) is 6.47. The Hall–Kier alpha value is -0.840. The zero-order valence-electron chi connectivity index (χ0n) is 19.8. The molecule has 0 bridgehead atoms. The molecule has 2 aliphatic heterocycles. The summed E-state index contributed by atoms with van der Waals surface area (Å²) in [4.78, 5) is 12.6. The van der Waals surface area contributed by atoms with E-state index in [1.54, 1.807) is 6.26 Å². The highest BCUT2D eigenvalue weighted by atomic mass is 127. The normalized spacial score (nSPS) is 21.1. The minimum Gasteiger partial charge on any atom is -0.468 e. The molecule has 0 saturated carbocycles. The van der Waals surface area contributed by atoms with Gasteiger partial charge < -0.3 is 20.0 Å². The first kappa shape index (κ1) is 26.4. The number of likely N-dealkylation sites (tertiary alicyclic amines) is 1. The SMILES string of the molecule is CCNC(=NCC(C(C)C)N1CCN(C)CC1)NCC(c1ccco1)N1CCCC1.I. The lowest BCUT2D eigenvalue weighted by atomic mass is 10.0. The Bertz CT molecular complexity index is 624. The Morgan fingerprint density at radius 3 is 2.35 bits per heavy atom. The van der Waals surface area contributed by atoms with Crippen LogP contribution >= 0.6 is 24.0 Å². The number of hydrogen-bond acceptors (Lipinski definition) is 5. The molecule has 0 aromatic carbocycles. The number of aliphatic imine (C=N–C) groups is 1. The molecule has 31 heavy (non-hydrogen) atoms. The minimum absolute atomic E-state index is 0. The second kappa shape index (κ2) is 13.6. The van der Waals surface area contributed by atoms with E-state index in [4.69, 9.17) is 9.41 Å². The maximum atomic E-state index is 5.77. The lowest BCUT2D eigenvalue weighted by Crippen LogP contribution is -2.52. The fourth-order valence-electron chi connectivity index (χ4n) is 4.57. The highest BCUT2D eigenvalue weighted by Gasteiger charge is 2.27. The van der Waals surface area contributed by atoms with Crippen LogP contribution in [0.15, 0.2) is 27.8 Å². The number of rotatable bonds is 9. The molecule has 178 valence electrons. The fourth-order valence-corrected chi connectivity index (χ4v) is 4.57. The van der Waals surface area contributed by atoms with Gasteiger partial charge in [-0.05, 0) is 58.0 Å². The molecule has 2 atom stereocenters. The van der Waals surface area contributed by atoms with Crippen LogP contribution < -0.4 is 10.6 Å². The maximum Gasteiger partial charge on any atom is 0.191 e. The summed E-state index contributed by atoms with van der Waals surface area (Å²) in [5.74, 6) is 2.53. The summed E-state index contributed by atoms with van der Waals surface area (Å²) in [7, 11) is 2.21. The van der Waals surface area contributed by atoms with Crippen LogP contribution in [-0.2, 0) is 0 Å². The molecule has 1 aromatic heterocycles.